The summed E-state index contributed by atoms with van der Waals surface area (Å²) < 4.78 is 51.9. The summed E-state index contributed by atoms with van der Waals surface area (Å²) in [5.74, 6) is -4.36. The van der Waals surface area contributed by atoms with Gasteiger partial charge < -0.3 is 5.73 Å². The highest BCUT2D eigenvalue weighted by Crippen LogP contribution is 2.48. The smallest absolute Gasteiger partial charge is 0.367 e. The van der Waals surface area contributed by atoms with E-state index >= 15 is 0 Å². The molecule has 0 spiro atoms. The van der Waals surface area contributed by atoms with Gasteiger partial charge in [-0.3, -0.25) is 0 Å². The first-order valence-corrected chi connectivity index (χ1v) is 5.25. The highest BCUT2D eigenvalue weighted by Gasteiger charge is 2.56. The number of hydrogen-bond acceptors (Lipinski definition) is 1. The molecular formula is C8H6Br2ClF4N. The van der Waals surface area contributed by atoms with E-state index in [1.165, 1.54) is 6.07 Å². The number of halogens is 7. The second kappa shape index (κ2) is 5.10. The number of nitrogens with two attached hydrogens (primary N) is 1. The third-order valence-electron chi connectivity index (χ3n) is 1.71. The maximum absolute atomic E-state index is 13.2. The third-order valence-corrected chi connectivity index (χ3v) is 2.70. The molecule has 0 unspecified atom stereocenters. The summed E-state index contributed by atoms with van der Waals surface area (Å²) in [6, 6.07) is 3.39. The summed E-state index contributed by atoms with van der Waals surface area (Å²) >= 11 is 4.55. The van der Waals surface area contributed by atoms with Crippen LogP contribution in [0.2, 0.25) is 0 Å². The van der Waals surface area contributed by atoms with Gasteiger partial charge in [-0.1, -0.05) is 15.9 Å². The Morgan fingerprint density at radius 2 is 1.62 bits per heavy atom. The van der Waals surface area contributed by atoms with Crippen molar-refractivity contribution in [1.82, 2.24) is 0 Å². The second-order valence-corrected chi connectivity index (χ2v) is 4.72. The fraction of sp³-hybridized carbons (Fsp3) is 0.250. The van der Waals surface area contributed by atoms with Crippen molar-refractivity contribution in [3.63, 3.8) is 0 Å². The van der Waals surface area contributed by atoms with E-state index in [4.69, 9.17) is 5.73 Å². The Labute approximate surface area is 112 Å². The van der Waals surface area contributed by atoms with Gasteiger partial charge in [-0.25, -0.2) is 0 Å². The third kappa shape index (κ3) is 3.01. The van der Waals surface area contributed by atoms with Gasteiger partial charge in [-0.15, -0.1) is 12.4 Å². The van der Waals surface area contributed by atoms with E-state index in [-0.39, 0.29) is 22.6 Å². The first kappa shape index (κ1) is 16.0. The van der Waals surface area contributed by atoms with E-state index in [9.17, 15) is 17.6 Å². The summed E-state index contributed by atoms with van der Waals surface area (Å²) in [5.41, 5.74) is 3.91. The van der Waals surface area contributed by atoms with Crippen LogP contribution < -0.4 is 5.73 Å². The molecule has 0 radical (unpaired) electrons. The zero-order chi connectivity index (χ0) is 11.9. The van der Waals surface area contributed by atoms with Crippen LogP contribution in [0.3, 0.4) is 0 Å². The van der Waals surface area contributed by atoms with Gasteiger partial charge in [0.2, 0.25) is 0 Å². The molecule has 0 aliphatic heterocycles. The molecule has 0 bridgehead atoms. The molecule has 1 rings (SSSR count). The van der Waals surface area contributed by atoms with Crippen molar-refractivity contribution < 1.29 is 17.6 Å². The summed E-state index contributed by atoms with van der Waals surface area (Å²) in [7, 11) is 0. The predicted octanol–water partition coefficient (Wildman–Crippen LogP) is 4.53. The van der Waals surface area contributed by atoms with Crippen LogP contribution in [0.5, 0.6) is 0 Å². The molecule has 0 aliphatic carbocycles. The van der Waals surface area contributed by atoms with Crippen molar-refractivity contribution in [2.45, 2.75) is 10.8 Å². The Morgan fingerprint density at radius 3 is 2.06 bits per heavy atom. The molecule has 0 aliphatic rings. The molecule has 0 amide bonds. The first-order chi connectivity index (χ1) is 6.66. The predicted molar refractivity (Wildman–Crippen MR) is 63.6 cm³/mol. The number of benzene rings is 1. The number of rotatable bonds is 2. The summed E-state index contributed by atoms with van der Waals surface area (Å²) in [6.07, 6.45) is 0. The number of alkyl halides is 5. The van der Waals surface area contributed by atoms with Gasteiger partial charge in [0.05, 0.1) is 5.56 Å². The van der Waals surface area contributed by atoms with Gasteiger partial charge in [-0.2, -0.15) is 17.6 Å². The summed E-state index contributed by atoms with van der Waals surface area (Å²) in [5, 5.41) is 0. The molecule has 2 N–H and O–H groups in total. The van der Waals surface area contributed by atoms with Crippen LogP contribution in [0, 0.1) is 0 Å². The van der Waals surface area contributed by atoms with Crippen LogP contribution in [-0.2, 0) is 5.92 Å². The lowest BCUT2D eigenvalue weighted by Gasteiger charge is -2.23. The zero-order valence-electron chi connectivity index (χ0n) is 7.49. The molecule has 16 heavy (non-hydrogen) atoms. The average molecular weight is 387 g/mol. The van der Waals surface area contributed by atoms with Crippen molar-refractivity contribution in [2.75, 3.05) is 5.73 Å². The molecule has 1 nitrogen and oxygen atoms in total. The van der Waals surface area contributed by atoms with E-state index < -0.39 is 16.3 Å². The zero-order valence-corrected chi connectivity index (χ0v) is 11.5. The fourth-order valence-corrected chi connectivity index (χ4v) is 1.53. The molecular weight excluding hydrogens is 381 g/mol. The van der Waals surface area contributed by atoms with Gasteiger partial charge in [-0.05, 0) is 34.1 Å². The Morgan fingerprint density at radius 1 is 1.12 bits per heavy atom. The normalized spacial score (nSPS) is 12.1. The largest absolute Gasteiger partial charge is 0.398 e. The number of hydrogen-bond donors (Lipinski definition) is 1. The van der Waals surface area contributed by atoms with Crippen molar-refractivity contribution in [2.24, 2.45) is 0 Å². The average Bonchev–Trinajstić information content (AvgIpc) is 2.07. The lowest BCUT2D eigenvalue weighted by Crippen LogP contribution is -2.32. The van der Waals surface area contributed by atoms with Gasteiger partial charge >= 0.3 is 10.8 Å². The highest BCUT2D eigenvalue weighted by atomic mass is 79.9. The minimum absolute atomic E-state index is 0. The van der Waals surface area contributed by atoms with Crippen molar-refractivity contribution in [1.29, 1.82) is 0 Å². The molecule has 0 aromatic heterocycles. The van der Waals surface area contributed by atoms with Crippen molar-refractivity contribution >= 4 is 50.0 Å². The molecule has 8 heteroatoms. The van der Waals surface area contributed by atoms with Crippen molar-refractivity contribution in [3.8, 4) is 0 Å². The van der Waals surface area contributed by atoms with E-state index in [0.717, 1.165) is 12.1 Å². The second-order valence-electron chi connectivity index (χ2n) is 2.80. The number of anilines is 1. The maximum Gasteiger partial charge on any atom is 0.367 e. The Kier molecular flexibility index (Phi) is 5.09. The minimum Gasteiger partial charge on any atom is -0.398 e. The topological polar surface area (TPSA) is 26.0 Å². The van der Waals surface area contributed by atoms with Crippen LogP contribution in [0.1, 0.15) is 5.56 Å². The lowest BCUT2D eigenvalue weighted by atomic mass is 10.1. The lowest BCUT2D eigenvalue weighted by molar-refractivity contribution is -0.153. The van der Waals surface area contributed by atoms with E-state index in [1.807, 2.05) is 0 Å². The van der Waals surface area contributed by atoms with Crippen LogP contribution in [0.25, 0.3) is 0 Å². The maximum atomic E-state index is 13.2. The van der Waals surface area contributed by atoms with E-state index in [0.29, 0.717) is 0 Å². The van der Waals surface area contributed by atoms with Gasteiger partial charge in [0.25, 0.3) is 0 Å². The van der Waals surface area contributed by atoms with Crippen LogP contribution >= 0.6 is 44.3 Å². The molecule has 0 saturated carbocycles. The standard InChI is InChI=1S/C8H5Br2F4N.ClH/c9-4-1-2-6(15)5(3-4)7(11,12)8(10,13)14;/h1-3H,15H2;1H. The Balaban J connectivity index is 0.00000225. The van der Waals surface area contributed by atoms with Gasteiger partial charge in [0, 0.05) is 10.2 Å². The fourth-order valence-electron chi connectivity index (χ4n) is 0.953. The Bertz CT molecular complexity index is 381. The monoisotopic (exact) mass is 385 g/mol. The van der Waals surface area contributed by atoms with Crippen LogP contribution in [-0.4, -0.2) is 4.83 Å². The first-order valence-electron chi connectivity index (χ1n) is 3.66. The van der Waals surface area contributed by atoms with E-state index in [1.54, 1.807) is 15.9 Å². The SMILES string of the molecule is Cl.Nc1ccc(Br)cc1C(F)(F)C(F)(F)Br. The highest BCUT2D eigenvalue weighted by molar-refractivity contribution is 9.10. The number of nitrogen functional groups attached to an aromatic ring is 1. The van der Waals surface area contributed by atoms with E-state index in [2.05, 4.69) is 15.9 Å². The molecule has 0 saturated heterocycles. The molecule has 0 fully saturated rings. The molecule has 0 heterocycles. The molecule has 1 aromatic carbocycles. The van der Waals surface area contributed by atoms with Gasteiger partial charge in [0.1, 0.15) is 0 Å². The van der Waals surface area contributed by atoms with Gasteiger partial charge in [0.15, 0.2) is 0 Å². The molecule has 0 atom stereocenters. The van der Waals surface area contributed by atoms with Crippen LogP contribution in [0.15, 0.2) is 22.7 Å². The summed E-state index contributed by atoms with van der Waals surface area (Å²) in [6.45, 7) is 0. The Hall–Kier alpha value is -0.0100. The summed E-state index contributed by atoms with van der Waals surface area (Å²) in [4.78, 5) is -4.34. The minimum atomic E-state index is -4.36. The van der Waals surface area contributed by atoms with Crippen molar-refractivity contribution in [3.05, 3.63) is 28.2 Å². The van der Waals surface area contributed by atoms with Crippen LogP contribution in [0.4, 0.5) is 23.2 Å². The molecule has 92 valence electrons. The quantitative estimate of drug-likeness (QED) is 0.450. The molecule has 1 aromatic rings.